The summed E-state index contributed by atoms with van der Waals surface area (Å²) >= 11 is 0. The van der Waals surface area contributed by atoms with Crippen LogP contribution in [-0.2, 0) is 0 Å². The van der Waals surface area contributed by atoms with Crippen LogP contribution in [0.4, 0.5) is 0 Å². The third-order valence-corrected chi connectivity index (χ3v) is 11.8. The molecule has 0 aromatic rings. The van der Waals surface area contributed by atoms with Crippen LogP contribution in [0.15, 0.2) is 24.3 Å². The lowest BCUT2D eigenvalue weighted by atomic mass is 9.44. The van der Waals surface area contributed by atoms with Crippen molar-refractivity contribution in [2.24, 2.45) is 45.3 Å². The molecule has 2 heteroatoms. The summed E-state index contributed by atoms with van der Waals surface area (Å²) in [4.78, 5) is 0. The number of hydrogen-bond donors (Lipinski definition) is 2. The number of hydrogen-bond acceptors (Lipinski definition) is 2. The van der Waals surface area contributed by atoms with Gasteiger partial charge in [0.2, 0.25) is 0 Å². The Bertz CT molecular complexity index is 699. The fourth-order valence-corrected chi connectivity index (χ4v) is 9.73. The van der Waals surface area contributed by atoms with Crippen LogP contribution in [0.3, 0.4) is 0 Å². The van der Waals surface area contributed by atoms with E-state index in [0.717, 1.165) is 38.5 Å². The number of fused-ring (bicyclic) bond motifs is 2. The van der Waals surface area contributed by atoms with Crippen molar-refractivity contribution < 1.29 is 10.2 Å². The van der Waals surface area contributed by atoms with Crippen molar-refractivity contribution in [3.8, 4) is 0 Å². The highest BCUT2D eigenvalue weighted by molar-refractivity contribution is 5.20. The van der Waals surface area contributed by atoms with E-state index >= 15 is 0 Å². The van der Waals surface area contributed by atoms with E-state index in [1.54, 1.807) is 0 Å². The maximum atomic E-state index is 10.8. The summed E-state index contributed by atoms with van der Waals surface area (Å²) in [5, 5.41) is 21.6. The van der Waals surface area contributed by atoms with Gasteiger partial charge in [-0.2, -0.15) is 0 Å². The van der Waals surface area contributed by atoms with Crippen LogP contribution in [0.2, 0.25) is 0 Å². The zero-order chi connectivity index (χ0) is 23.7. The van der Waals surface area contributed by atoms with Crippen molar-refractivity contribution in [1.82, 2.24) is 0 Å². The molecule has 4 aliphatic carbocycles. The number of aliphatic hydroxyl groups excluding tert-OH is 2. The zero-order valence-electron chi connectivity index (χ0n) is 21.8. The molecule has 0 saturated heterocycles. The Labute approximate surface area is 198 Å². The summed E-state index contributed by atoms with van der Waals surface area (Å²) in [6.07, 6.45) is 10.7. The highest BCUT2D eigenvalue weighted by Crippen LogP contribution is 2.64. The van der Waals surface area contributed by atoms with E-state index in [1.807, 2.05) is 0 Å². The van der Waals surface area contributed by atoms with Crippen LogP contribution in [0.1, 0.15) is 106 Å². The molecule has 4 saturated carbocycles. The molecule has 0 bridgehead atoms. The van der Waals surface area contributed by atoms with Crippen molar-refractivity contribution in [1.29, 1.82) is 0 Å². The first-order chi connectivity index (χ1) is 14.8. The summed E-state index contributed by atoms with van der Waals surface area (Å²) in [6.45, 7) is 23.4. The molecule has 0 spiro atoms. The summed E-state index contributed by atoms with van der Waals surface area (Å²) in [5.74, 6) is 2.23. The van der Waals surface area contributed by atoms with Crippen molar-refractivity contribution in [3.63, 3.8) is 0 Å². The number of allylic oxidation sites excluding steroid dienone is 2. The van der Waals surface area contributed by atoms with Crippen molar-refractivity contribution >= 4 is 0 Å². The summed E-state index contributed by atoms with van der Waals surface area (Å²) < 4.78 is 0. The van der Waals surface area contributed by atoms with E-state index in [2.05, 4.69) is 54.7 Å². The highest BCUT2D eigenvalue weighted by atomic mass is 16.3. The molecule has 0 radical (unpaired) electrons. The van der Waals surface area contributed by atoms with E-state index in [0.29, 0.717) is 23.7 Å². The van der Waals surface area contributed by atoms with Crippen LogP contribution in [0.25, 0.3) is 0 Å². The Hall–Kier alpha value is -0.600. The molecule has 0 unspecified atom stereocenters. The molecule has 2 N–H and O–H groups in total. The molecule has 0 amide bonds. The molecule has 0 aromatic carbocycles. The monoisotopic (exact) mass is 442 g/mol. The van der Waals surface area contributed by atoms with Gasteiger partial charge in [-0.3, -0.25) is 0 Å². The van der Waals surface area contributed by atoms with Crippen molar-refractivity contribution in [2.45, 2.75) is 118 Å². The second-order valence-electron chi connectivity index (χ2n) is 13.9. The van der Waals surface area contributed by atoms with Gasteiger partial charge in [0.15, 0.2) is 0 Å². The summed E-state index contributed by atoms with van der Waals surface area (Å²) in [5.41, 5.74) is 3.38. The van der Waals surface area contributed by atoms with E-state index < -0.39 is 0 Å². The Morgan fingerprint density at radius 3 is 1.34 bits per heavy atom. The van der Waals surface area contributed by atoms with Crippen LogP contribution in [0, 0.1) is 45.3 Å². The van der Waals surface area contributed by atoms with E-state index in [4.69, 9.17) is 0 Å². The first-order valence-corrected chi connectivity index (χ1v) is 13.5. The molecule has 2 nitrogen and oxygen atoms in total. The quantitative estimate of drug-likeness (QED) is 0.450. The Morgan fingerprint density at radius 1 is 0.656 bits per heavy atom. The first kappa shape index (κ1) is 24.5. The molecule has 4 aliphatic rings. The summed E-state index contributed by atoms with van der Waals surface area (Å²) in [7, 11) is 0. The zero-order valence-corrected chi connectivity index (χ0v) is 21.8. The number of aliphatic hydroxyl groups is 2. The second-order valence-corrected chi connectivity index (χ2v) is 13.9. The largest absolute Gasteiger partial charge is 0.393 e. The molecule has 32 heavy (non-hydrogen) atoms. The second kappa shape index (κ2) is 7.98. The van der Waals surface area contributed by atoms with Gasteiger partial charge in [-0.25, -0.2) is 0 Å². The third kappa shape index (κ3) is 3.49. The van der Waals surface area contributed by atoms with Gasteiger partial charge in [0.1, 0.15) is 0 Å². The molecule has 4 fully saturated rings. The Morgan fingerprint density at radius 2 is 1.00 bits per heavy atom. The minimum atomic E-state index is -0.179. The lowest BCUT2D eigenvalue weighted by Crippen LogP contribution is -2.56. The molecular formula is C30H50O2. The lowest BCUT2D eigenvalue weighted by Gasteiger charge is -2.61. The average Bonchev–Trinajstić information content (AvgIpc) is 2.69. The van der Waals surface area contributed by atoms with Crippen LogP contribution in [0.5, 0.6) is 0 Å². The van der Waals surface area contributed by atoms with E-state index in [1.165, 1.54) is 36.8 Å². The van der Waals surface area contributed by atoms with Gasteiger partial charge < -0.3 is 10.2 Å². The van der Waals surface area contributed by atoms with Crippen molar-refractivity contribution in [3.05, 3.63) is 24.3 Å². The van der Waals surface area contributed by atoms with Gasteiger partial charge in [-0.1, -0.05) is 65.8 Å². The molecular weight excluding hydrogens is 392 g/mol. The minimum Gasteiger partial charge on any atom is -0.393 e. The molecule has 4 rings (SSSR count). The smallest absolute Gasteiger partial charge is 0.0594 e. The van der Waals surface area contributed by atoms with Crippen LogP contribution < -0.4 is 0 Å². The Balaban J connectivity index is 1.57. The molecule has 0 aliphatic heterocycles. The maximum Gasteiger partial charge on any atom is 0.0594 e. The predicted octanol–water partition coefficient (Wildman–Crippen LogP) is 7.31. The van der Waals surface area contributed by atoms with Gasteiger partial charge in [0, 0.05) is 0 Å². The van der Waals surface area contributed by atoms with Crippen LogP contribution in [-0.4, -0.2) is 22.4 Å². The third-order valence-electron chi connectivity index (χ3n) is 11.8. The summed E-state index contributed by atoms with van der Waals surface area (Å²) in [6, 6.07) is 0. The predicted molar refractivity (Wildman–Crippen MR) is 134 cm³/mol. The first-order valence-electron chi connectivity index (χ1n) is 13.5. The van der Waals surface area contributed by atoms with Gasteiger partial charge in [-0.15, -0.1) is 0 Å². The normalized spacial score (nSPS) is 48.1. The molecule has 0 heterocycles. The SMILES string of the molecule is C=C1CC[C@H]2C(C)(C)[C@@H](O)CC[C@@]2(C)[C@H]1CC[C@H]1C(=C)CC[C@H]2C(C)(C)[C@@H](O)CC[C@@]12C. The minimum absolute atomic E-state index is 0.0129. The van der Waals surface area contributed by atoms with E-state index in [9.17, 15) is 10.2 Å². The van der Waals surface area contributed by atoms with Crippen LogP contribution >= 0.6 is 0 Å². The maximum absolute atomic E-state index is 10.8. The molecule has 8 atom stereocenters. The van der Waals surface area contributed by atoms with Crippen molar-refractivity contribution in [2.75, 3.05) is 0 Å². The number of rotatable bonds is 3. The highest BCUT2D eigenvalue weighted by Gasteiger charge is 2.58. The lowest BCUT2D eigenvalue weighted by molar-refractivity contribution is -0.134. The van der Waals surface area contributed by atoms with Gasteiger partial charge in [0.25, 0.3) is 0 Å². The molecule has 0 aromatic heterocycles. The fraction of sp³-hybridized carbons (Fsp3) is 0.867. The molecule has 182 valence electrons. The van der Waals surface area contributed by atoms with E-state index in [-0.39, 0.29) is 33.9 Å². The average molecular weight is 443 g/mol. The Kier molecular flexibility index (Phi) is 6.11. The van der Waals surface area contributed by atoms with Gasteiger partial charge in [-0.05, 0) is 110 Å². The van der Waals surface area contributed by atoms with Gasteiger partial charge in [0.05, 0.1) is 12.2 Å². The van der Waals surface area contributed by atoms with Gasteiger partial charge >= 0.3 is 0 Å². The standard InChI is InChI=1S/C30H50O2/c1-19-9-13-23-27(3,4)25(31)15-17-29(23,7)21(19)11-12-22-20(2)10-14-24-28(5,6)26(32)16-18-30(22,24)8/h21-26,31-32H,1-2,9-18H2,3-8H3/t21-,22-,23-,24-,25-,26-,29-,30-/m0/s1. The fourth-order valence-electron chi connectivity index (χ4n) is 9.73. The topological polar surface area (TPSA) is 40.5 Å².